The summed E-state index contributed by atoms with van der Waals surface area (Å²) >= 11 is -1.08. The maximum atomic E-state index is 8.35. The fourth-order valence-electron chi connectivity index (χ4n) is 0. The minimum atomic E-state index is -1.08. The Hall–Kier alpha value is 1.30. The van der Waals surface area contributed by atoms with E-state index in [0.29, 0.717) is 0 Å². The van der Waals surface area contributed by atoms with Crippen molar-refractivity contribution in [2.24, 2.45) is 0 Å². The van der Waals surface area contributed by atoms with Gasteiger partial charge in [-0.1, -0.05) is 11.6 Å². The van der Waals surface area contributed by atoms with Gasteiger partial charge in [-0.15, -0.1) is 0 Å². The summed E-state index contributed by atoms with van der Waals surface area (Å²) in [6.07, 6.45) is 0. The number of hydrogen-bond acceptors (Lipinski definition) is 3. The molecule has 0 N–H and O–H groups in total. The van der Waals surface area contributed by atoms with E-state index in [1.165, 1.54) is 0 Å². The van der Waals surface area contributed by atoms with E-state index in [1.54, 1.807) is 0 Å². The minimum Gasteiger partial charge on any atom is -0.427 e. The van der Waals surface area contributed by atoms with E-state index in [9.17, 15) is 0 Å². The zero-order valence-electron chi connectivity index (χ0n) is 2.99. The summed E-state index contributed by atoms with van der Waals surface area (Å²) < 4.78 is 16.7. The van der Waals surface area contributed by atoms with Gasteiger partial charge in [0.1, 0.15) is 0 Å². The molecule has 6 heavy (non-hydrogen) atoms. The van der Waals surface area contributed by atoms with Gasteiger partial charge in [-0.2, -0.15) is 19.8 Å². The van der Waals surface area contributed by atoms with E-state index in [4.69, 9.17) is 8.42 Å². The summed E-state index contributed by atoms with van der Waals surface area (Å²) in [5, 5.41) is 0. The first-order chi connectivity index (χ1) is 1.41. The van der Waals surface area contributed by atoms with E-state index in [2.05, 4.69) is 0 Å². The van der Waals surface area contributed by atoms with Gasteiger partial charge in [-0.05, 0) is 0 Å². The van der Waals surface area contributed by atoms with E-state index in [-0.39, 0.29) is 36.3 Å². The maximum absolute atomic E-state index is 8.35. The molecule has 0 saturated heterocycles. The molecule has 0 aromatic heterocycles. The molecule has 0 spiro atoms. The molecule has 0 heterocycles. The Balaban J connectivity index is -0.00000000667. The van der Waals surface area contributed by atoms with Gasteiger partial charge in [-0.3, -0.25) is 0 Å². The van der Waals surface area contributed by atoms with Gasteiger partial charge in [0.15, 0.2) is 0 Å². The van der Waals surface area contributed by atoms with Crippen molar-refractivity contribution >= 4 is 31.4 Å². The molecule has 2 nitrogen and oxygen atoms in total. The minimum absolute atomic E-state index is 0. The molecule has 0 aliphatic carbocycles. The van der Waals surface area contributed by atoms with Crippen LogP contribution in [0.1, 0.15) is 0 Å². The summed E-state index contributed by atoms with van der Waals surface area (Å²) in [6.45, 7) is 0. The molecule has 0 aromatic carbocycles. The molecule has 0 amide bonds. The first kappa shape index (κ1) is 26.6. The van der Waals surface area contributed by atoms with Crippen LogP contribution >= 0.6 is 19.8 Å². The standard InChI is InChI=1S/Ni.HO2S.2H3P/c;1-3-2;;/h;3H;2*1H3/q;-1;;. The number of rotatable bonds is 0. The summed E-state index contributed by atoms with van der Waals surface area (Å²) in [5.41, 5.74) is 0. The van der Waals surface area contributed by atoms with Gasteiger partial charge < -0.3 is 8.42 Å². The van der Waals surface area contributed by atoms with Gasteiger partial charge in [-0.25, -0.2) is 0 Å². The van der Waals surface area contributed by atoms with Crippen LogP contribution < -0.4 is 0 Å². The Morgan fingerprint density at radius 1 is 1.00 bits per heavy atom. The molecule has 0 radical (unpaired) electrons. The molecule has 0 bridgehead atoms. The van der Waals surface area contributed by atoms with Crippen LogP contribution in [-0.2, 0) is 36.5 Å². The van der Waals surface area contributed by atoms with Crippen LogP contribution in [0, 0.1) is 0 Å². The number of hydrogen-bond donors (Lipinski definition) is 0. The maximum Gasteiger partial charge on any atom is 0 e. The molecule has 2 unspecified atom stereocenters. The van der Waals surface area contributed by atoms with E-state index >= 15 is 0 Å². The van der Waals surface area contributed by atoms with Crippen LogP contribution in [0.4, 0.5) is 0 Å². The Bertz CT molecular complexity index is 32.5. The summed E-state index contributed by atoms with van der Waals surface area (Å²) in [5.74, 6) is 0. The van der Waals surface area contributed by atoms with Crippen LogP contribution in [0.15, 0.2) is 0 Å². The van der Waals surface area contributed by atoms with Crippen molar-refractivity contribution in [1.82, 2.24) is 0 Å². The molecule has 0 saturated carbocycles. The Morgan fingerprint density at radius 2 is 1.00 bits per heavy atom. The Kier molecular flexibility index (Phi) is 148. The van der Waals surface area contributed by atoms with E-state index in [1.807, 2.05) is 0 Å². The van der Waals surface area contributed by atoms with Gasteiger partial charge >= 0.3 is 0 Å². The van der Waals surface area contributed by atoms with Crippen molar-refractivity contribution in [2.75, 3.05) is 0 Å². The third-order valence-corrected chi connectivity index (χ3v) is 0. The predicted octanol–water partition coefficient (Wildman–Crippen LogP) is -0.394. The van der Waals surface area contributed by atoms with Crippen molar-refractivity contribution in [2.45, 2.75) is 0 Å². The van der Waals surface area contributed by atoms with Crippen molar-refractivity contribution in [3.05, 3.63) is 0 Å². The second kappa shape index (κ2) is 33.4. The SMILES string of the molecule is O=[SH-]=O.P.P.[Ni]. The molecule has 2 atom stereocenters. The summed E-state index contributed by atoms with van der Waals surface area (Å²) in [6, 6.07) is 0. The molecular weight excluding hydrogens is 185 g/mol. The molecule has 0 aliphatic heterocycles. The van der Waals surface area contributed by atoms with Crippen LogP contribution in [0.2, 0.25) is 0 Å². The van der Waals surface area contributed by atoms with Crippen molar-refractivity contribution in [3.8, 4) is 0 Å². The first-order valence-electron chi connectivity index (χ1n) is 0.365. The molecule has 0 aliphatic rings. The van der Waals surface area contributed by atoms with Crippen LogP contribution in [0.25, 0.3) is 0 Å². The van der Waals surface area contributed by atoms with E-state index in [0.717, 1.165) is 0 Å². The van der Waals surface area contributed by atoms with Crippen LogP contribution in [-0.4, -0.2) is 0 Å². The second-order valence-electron chi connectivity index (χ2n) is 0.0745. The first-order valence-corrected chi connectivity index (χ1v) is 1.10. The number of thiol groups is 1. The fraction of sp³-hybridized carbons (Fsp3) is 0. The van der Waals surface area contributed by atoms with E-state index < -0.39 is 11.6 Å². The summed E-state index contributed by atoms with van der Waals surface area (Å²) in [7, 11) is 0. The summed E-state index contributed by atoms with van der Waals surface area (Å²) in [4.78, 5) is 0. The van der Waals surface area contributed by atoms with Gasteiger partial charge in [0.25, 0.3) is 0 Å². The Morgan fingerprint density at radius 3 is 1.00 bits per heavy atom. The van der Waals surface area contributed by atoms with Crippen molar-refractivity contribution in [3.63, 3.8) is 0 Å². The molecule has 0 fully saturated rings. The van der Waals surface area contributed by atoms with Gasteiger partial charge in [0.05, 0.1) is 0 Å². The third-order valence-electron chi connectivity index (χ3n) is 0. The monoisotopic (exact) mass is 191 g/mol. The van der Waals surface area contributed by atoms with Crippen LogP contribution in [0.3, 0.4) is 0 Å². The third kappa shape index (κ3) is 57.8. The predicted molar refractivity (Wildman–Crippen MR) is 32.3 cm³/mol. The average Bonchev–Trinajstić information content (AvgIpc) is 0.918. The topological polar surface area (TPSA) is 34.1 Å². The molecule has 6 heteroatoms. The molecule has 46 valence electrons. The second-order valence-corrected chi connectivity index (χ2v) is 0.224. The average molecular weight is 192 g/mol. The largest absolute Gasteiger partial charge is 0.427 e. The van der Waals surface area contributed by atoms with Gasteiger partial charge in [0.2, 0.25) is 0 Å². The normalized spacial score (nSPS) is 2.67. The smallest absolute Gasteiger partial charge is 0 e. The van der Waals surface area contributed by atoms with Crippen molar-refractivity contribution in [1.29, 1.82) is 0 Å². The quantitative estimate of drug-likeness (QED) is 0.226. The molecule has 0 aromatic rings. The molecular formula is H7NiO2P2S-. The zero-order chi connectivity index (χ0) is 2.71. The van der Waals surface area contributed by atoms with Crippen LogP contribution in [0.5, 0.6) is 0 Å². The fourth-order valence-corrected chi connectivity index (χ4v) is 0. The van der Waals surface area contributed by atoms with Gasteiger partial charge in [0, 0.05) is 16.5 Å². The zero-order valence-corrected chi connectivity index (χ0v) is 7.70. The Labute approximate surface area is 56.6 Å². The molecule has 0 rings (SSSR count). The van der Waals surface area contributed by atoms with Crippen molar-refractivity contribution < 1.29 is 24.9 Å².